The first-order valence-corrected chi connectivity index (χ1v) is 9.77. The van der Waals surface area contributed by atoms with Gasteiger partial charge in [-0.25, -0.2) is 0 Å². The molecule has 0 aliphatic carbocycles. The van der Waals surface area contributed by atoms with Gasteiger partial charge in [-0.05, 0) is 54.7 Å². The lowest BCUT2D eigenvalue weighted by Crippen LogP contribution is -2.34. The molecule has 1 fully saturated rings. The van der Waals surface area contributed by atoms with E-state index < -0.39 is 0 Å². The van der Waals surface area contributed by atoms with Crippen LogP contribution in [-0.2, 0) is 6.54 Å². The van der Waals surface area contributed by atoms with Crippen molar-refractivity contribution in [3.05, 3.63) is 66.1 Å². The van der Waals surface area contributed by atoms with Crippen molar-refractivity contribution >= 4 is 11.6 Å². The molecule has 0 bridgehead atoms. The molecule has 1 aliphatic heterocycles. The summed E-state index contributed by atoms with van der Waals surface area (Å²) in [6, 6.07) is 14.0. The lowest BCUT2D eigenvalue weighted by molar-refractivity contribution is 0.0946. The summed E-state index contributed by atoms with van der Waals surface area (Å²) in [6.07, 6.45) is 5.98. The van der Waals surface area contributed by atoms with Crippen LogP contribution in [0.15, 0.2) is 54.9 Å². The molecule has 1 saturated heterocycles. The summed E-state index contributed by atoms with van der Waals surface area (Å²) in [5.41, 5.74) is 4.44. The Morgan fingerprint density at radius 3 is 2.75 bits per heavy atom. The van der Waals surface area contributed by atoms with Gasteiger partial charge in [0, 0.05) is 43.3 Å². The van der Waals surface area contributed by atoms with Crippen molar-refractivity contribution < 1.29 is 4.79 Å². The SMILES string of the molecule is C[C@@H]1CCCN(c2ccc(CNC(=O)c3cc(-c4ccncc4)n[nH]3)cc2)C1. The summed E-state index contributed by atoms with van der Waals surface area (Å²) in [7, 11) is 0. The highest BCUT2D eigenvalue weighted by molar-refractivity contribution is 5.93. The summed E-state index contributed by atoms with van der Waals surface area (Å²) in [5, 5.41) is 9.97. The molecule has 144 valence electrons. The van der Waals surface area contributed by atoms with Crippen LogP contribution in [0.1, 0.15) is 35.8 Å². The molecule has 6 heteroatoms. The van der Waals surface area contributed by atoms with Gasteiger partial charge < -0.3 is 10.2 Å². The predicted octanol–water partition coefficient (Wildman–Crippen LogP) is 3.64. The van der Waals surface area contributed by atoms with Crippen LogP contribution in [0.4, 0.5) is 5.69 Å². The number of carbonyl (C=O) groups excluding carboxylic acids is 1. The fourth-order valence-electron chi connectivity index (χ4n) is 3.63. The Morgan fingerprint density at radius 1 is 1.21 bits per heavy atom. The van der Waals surface area contributed by atoms with Crippen molar-refractivity contribution in [3.8, 4) is 11.3 Å². The van der Waals surface area contributed by atoms with E-state index in [1.165, 1.54) is 18.5 Å². The smallest absolute Gasteiger partial charge is 0.269 e. The molecule has 3 aromatic rings. The molecule has 1 aromatic carbocycles. The number of rotatable bonds is 5. The number of aromatic amines is 1. The van der Waals surface area contributed by atoms with E-state index in [-0.39, 0.29) is 5.91 Å². The number of H-pyrrole nitrogens is 1. The highest BCUT2D eigenvalue weighted by Crippen LogP contribution is 2.23. The average molecular weight is 375 g/mol. The maximum absolute atomic E-state index is 12.4. The van der Waals surface area contributed by atoms with E-state index in [0.717, 1.165) is 35.8 Å². The molecule has 2 aromatic heterocycles. The van der Waals surface area contributed by atoms with E-state index >= 15 is 0 Å². The van der Waals surface area contributed by atoms with Gasteiger partial charge in [0.15, 0.2) is 0 Å². The fourth-order valence-corrected chi connectivity index (χ4v) is 3.63. The van der Waals surface area contributed by atoms with E-state index in [1.807, 2.05) is 12.1 Å². The van der Waals surface area contributed by atoms with Gasteiger partial charge in [-0.1, -0.05) is 19.1 Å². The van der Waals surface area contributed by atoms with E-state index in [2.05, 4.69) is 56.6 Å². The first-order valence-electron chi connectivity index (χ1n) is 9.77. The third-order valence-corrected chi connectivity index (χ3v) is 5.21. The number of anilines is 1. The quantitative estimate of drug-likeness (QED) is 0.714. The van der Waals surface area contributed by atoms with Crippen molar-refractivity contribution in [2.24, 2.45) is 5.92 Å². The lowest BCUT2D eigenvalue weighted by atomic mass is 9.99. The Hall–Kier alpha value is -3.15. The normalized spacial score (nSPS) is 16.8. The summed E-state index contributed by atoms with van der Waals surface area (Å²) >= 11 is 0. The number of nitrogens with zero attached hydrogens (tertiary/aromatic N) is 3. The lowest BCUT2D eigenvalue weighted by Gasteiger charge is -2.32. The summed E-state index contributed by atoms with van der Waals surface area (Å²) in [6.45, 7) is 5.04. The van der Waals surface area contributed by atoms with Crippen molar-refractivity contribution in [2.45, 2.75) is 26.3 Å². The number of hydrogen-bond donors (Lipinski definition) is 2. The molecule has 1 aliphatic rings. The number of benzene rings is 1. The van der Waals surface area contributed by atoms with Gasteiger partial charge in [0.2, 0.25) is 0 Å². The molecular weight excluding hydrogens is 350 g/mol. The Morgan fingerprint density at radius 2 is 2.00 bits per heavy atom. The van der Waals surface area contributed by atoms with E-state index in [1.54, 1.807) is 18.5 Å². The maximum atomic E-state index is 12.4. The van der Waals surface area contributed by atoms with Crippen LogP contribution in [0, 0.1) is 5.92 Å². The standard InChI is InChI=1S/C22H25N5O/c1-16-3-2-12-27(15-16)19-6-4-17(5-7-19)14-24-22(28)21-13-20(25-26-21)18-8-10-23-11-9-18/h4-11,13,16H,2-3,12,14-15H2,1H3,(H,24,28)(H,25,26)/t16-/m1/s1. The molecule has 0 spiro atoms. The first-order chi connectivity index (χ1) is 13.7. The van der Waals surface area contributed by atoms with Gasteiger partial charge in [-0.3, -0.25) is 14.9 Å². The Labute approximate surface area is 165 Å². The highest BCUT2D eigenvalue weighted by atomic mass is 16.1. The molecule has 3 heterocycles. The topological polar surface area (TPSA) is 73.9 Å². The second-order valence-corrected chi connectivity index (χ2v) is 7.45. The third-order valence-electron chi connectivity index (χ3n) is 5.21. The van der Waals surface area contributed by atoms with Crippen molar-refractivity contribution in [3.63, 3.8) is 0 Å². The number of piperidine rings is 1. The Bertz CT molecular complexity index is 920. The minimum atomic E-state index is -0.165. The minimum absolute atomic E-state index is 0.165. The van der Waals surface area contributed by atoms with Gasteiger partial charge in [-0.2, -0.15) is 5.10 Å². The molecule has 1 amide bonds. The van der Waals surface area contributed by atoms with Crippen molar-refractivity contribution in [2.75, 3.05) is 18.0 Å². The zero-order valence-electron chi connectivity index (χ0n) is 16.1. The minimum Gasteiger partial charge on any atom is -0.371 e. The molecule has 0 unspecified atom stereocenters. The maximum Gasteiger partial charge on any atom is 0.269 e. The monoisotopic (exact) mass is 375 g/mol. The number of hydrogen-bond acceptors (Lipinski definition) is 4. The van der Waals surface area contributed by atoms with Crippen LogP contribution in [0.2, 0.25) is 0 Å². The summed E-state index contributed by atoms with van der Waals surface area (Å²) in [4.78, 5) is 18.9. The van der Waals surface area contributed by atoms with Crippen LogP contribution in [0.25, 0.3) is 11.3 Å². The van der Waals surface area contributed by atoms with Crippen LogP contribution in [-0.4, -0.2) is 34.2 Å². The third kappa shape index (κ3) is 4.22. The van der Waals surface area contributed by atoms with Gasteiger partial charge in [-0.15, -0.1) is 0 Å². The van der Waals surface area contributed by atoms with Gasteiger partial charge in [0.25, 0.3) is 5.91 Å². The molecule has 6 nitrogen and oxygen atoms in total. The number of carbonyl (C=O) groups is 1. The van der Waals surface area contributed by atoms with Crippen LogP contribution in [0.5, 0.6) is 0 Å². The molecular formula is C22H25N5O. The number of aromatic nitrogens is 3. The number of pyridine rings is 1. The zero-order valence-corrected chi connectivity index (χ0v) is 16.1. The van der Waals surface area contributed by atoms with E-state index in [9.17, 15) is 4.79 Å². The van der Waals surface area contributed by atoms with Crippen molar-refractivity contribution in [1.82, 2.24) is 20.5 Å². The van der Waals surface area contributed by atoms with E-state index in [4.69, 9.17) is 0 Å². The molecule has 28 heavy (non-hydrogen) atoms. The van der Waals surface area contributed by atoms with Crippen molar-refractivity contribution in [1.29, 1.82) is 0 Å². The van der Waals surface area contributed by atoms with Crippen LogP contribution in [0.3, 0.4) is 0 Å². The van der Waals surface area contributed by atoms with Gasteiger partial charge in [0.05, 0.1) is 5.69 Å². The Balaban J connectivity index is 1.34. The Kier molecular flexibility index (Phi) is 5.37. The van der Waals surface area contributed by atoms with Crippen LogP contribution < -0.4 is 10.2 Å². The number of amides is 1. The number of nitrogens with one attached hydrogen (secondary N) is 2. The summed E-state index contributed by atoms with van der Waals surface area (Å²) < 4.78 is 0. The molecule has 2 N–H and O–H groups in total. The summed E-state index contributed by atoms with van der Waals surface area (Å²) in [5.74, 6) is 0.584. The molecule has 1 atom stereocenters. The first kappa shape index (κ1) is 18.2. The fraction of sp³-hybridized carbons (Fsp3) is 0.318. The largest absolute Gasteiger partial charge is 0.371 e. The predicted molar refractivity (Wildman–Crippen MR) is 110 cm³/mol. The second kappa shape index (κ2) is 8.25. The second-order valence-electron chi connectivity index (χ2n) is 7.45. The van der Waals surface area contributed by atoms with Gasteiger partial charge in [0.1, 0.15) is 5.69 Å². The van der Waals surface area contributed by atoms with E-state index in [0.29, 0.717) is 12.2 Å². The average Bonchev–Trinajstić information content (AvgIpc) is 3.23. The molecule has 0 saturated carbocycles. The molecule has 0 radical (unpaired) electrons. The van der Waals surface area contributed by atoms with Crippen LogP contribution >= 0.6 is 0 Å². The zero-order chi connectivity index (χ0) is 19.3. The van der Waals surface area contributed by atoms with Gasteiger partial charge >= 0.3 is 0 Å². The molecule has 4 rings (SSSR count). The highest BCUT2D eigenvalue weighted by Gasteiger charge is 2.16.